The van der Waals surface area contributed by atoms with Gasteiger partial charge in [-0.2, -0.15) is 4.31 Å². The minimum atomic E-state index is -3.14. The molecule has 0 bridgehead atoms. The van der Waals surface area contributed by atoms with Crippen molar-refractivity contribution in [3.8, 4) is 0 Å². The summed E-state index contributed by atoms with van der Waals surface area (Å²) >= 11 is 0. The fourth-order valence-electron chi connectivity index (χ4n) is 2.62. The molecule has 0 saturated carbocycles. The van der Waals surface area contributed by atoms with Crippen LogP contribution in [0.15, 0.2) is 30.3 Å². The lowest BCUT2D eigenvalue weighted by Gasteiger charge is -2.23. The maximum absolute atomic E-state index is 12.4. The summed E-state index contributed by atoms with van der Waals surface area (Å²) in [5, 5.41) is 3.08. The quantitative estimate of drug-likeness (QED) is 0.854. The van der Waals surface area contributed by atoms with Gasteiger partial charge in [-0.05, 0) is 31.9 Å². The minimum absolute atomic E-state index is 0.130. The standard InChI is InChI=1S/C14H22N2O2S/c1-15-12-14-8-5-10-16(14)19(17,18)11-9-13-6-3-2-4-7-13/h2-4,6-7,14-15H,5,8-12H2,1H3. The normalized spacial score (nSPS) is 20.8. The van der Waals surface area contributed by atoms with E-state index in [1.165, 1.54) is 0 Å². The Labute approximate surface area is 115 Å². The van der Waals surface area contributed by atoms with Gasteiger partial charge in [-0.25, -0.2) is 8.42 Å². The van der Waals surface area contributed by atoms with Gasteiger partial charge in [0.1, 0.15) is 0 Å². The molecule has 1 unspecified atom stereocenters. The van der Waals surface area contributed by atoms with Crippen molar-refractivity contribution in [2.45, 2.75) is 25.3 Å². The highest BCUT2D eigenvalue weighted by atomic mass is 32.2. The lowest BCUT2D eigenvalue weighted by molar-refractivity contribution is 0.379. The molecule has 1 saturated heterocycles. The van der Waals surface area contributed by atoms with Gasteiger partial charge in [0.2, 0.25) is 10.0 Å². The molecule has 1 N–H and O–H groups in total. The Bertz CT molecular complexity index is 487. The third-order valence-electron chi connectivity index (χ3n) is 3.61. The number of sulfonamides is 1. The molecule has 1 aliphatic heterocycles. The highest BCUT2D eigenvalue weighted by Crippen LogP contribution is 2.21. The summed E-state index contributed by atoms with van der Waals surface area (Å²) in [5.74, 6) is 0.206. The predicted molar refractivity (Wildman–Crippen MR) is 77.6 cm³/mol. The zero-order valence-corrected chi connectivity index (χ0v) is 12.2. The summed E-state index contributed by atoms with van der Waals surface area (Å²) in [4.78, 5) is 0. The Balaban J connectivity index is 1.98. The van der Waals surface area contributed by atoms with E-state index in [1.807, 2.05) is 37.4 Å². The first-order valence-electron chi connectivity index (χ1n) is 6.81. The van der Waals surface area contributed by atoms with Gasteiger partial charge in [0.15, 0.2) is 0 Å². The number of aryl methyl sites for hydroxylation is 1. The SMILES string of the molecule is CNCC1CCCN1S(=O)(=O)CCc1ccccc1. The van der Waals surface area contributed by atoms with E-state index in [0.717, 1.165) is 24.9 Å². The number of hydrogen-bond donors (Lipinski definition) is 1. The Morgan fingerprint density at radius 3 is 2.74 bits per heavy atom. The van der Waals surface area contributed by atoms with Crippen molar-refractivity contribution >= 4 is 10.0 Å². The molecule has 1 aliphatic rings. The van der Waals surface area contributed by atoms with Crippen LogP contribution in [0.25, 0.3) is 0 Å². The maximum Gasteiger partial charge on any atom is 0.214 e. The van der Waals surface area contributed by atoms with E-state index in [0.29, 0.717) is 13.0 Å². The van der Waals surface area contributed by atoms with Gasteiger partial charge in [-0.3, -0.25) is 0 Å². The van der Waals surface area contributed by atoms with Crippen LogP contribution >= 0.6 is 0 Å². The summed E-state index contributed by atoms with van der Waals surface area (Å²) < 4.78 is 26.5. The van der Waals surface area contributed by atoms with E-state index < -0.39 is 10.0 Å². The first kappa shape index (κ1) is 14.5. The third kappa shape index (κ3) is 3.78. The molecule has 1 fully saturated rings. The van der Waals surface area contributed by atoms with Gasteiger partial charge in [0.05, 0.1) is 5.75 Å². The lowest BCUT2D eigenvalue weighted by Crippen LogP contribution is -2.42. The molecule has 4 nitrogen and oxygen atoms in total. The monoisotopic (exact) mass is 282 g/mol. The number of nitrogens with one attached hydrogen (secondary N) is 1. The van der Waals surface area contributed by atoms with E-state index in [1.54, 1.807) is 4.31 Å². The zero-order chi connectivity index (χ0) is 13.7. The molecule has 106 valence electrons. The molecular weight excluding hydrogens is 260 g/mol. The average Bonchev–Trinajstić information content (AvgIpc) is 2.87. The molecule has 0 aliphatic carbocycles. The molecule has 5 heteroatoms. The van der Waals surface area contributed by atoms with E-state index in [2.05, 4.69) is 5.32 Å². The van der Waals surface area contributed by atoms with E-state index in [9.17, 15) is 8.42 Å². The Kier molecular flexibility index (Phi) is 4.96. The first-order valence-corrected chi connectivity index (χ1v) is 8.42. The summed E-state index contributed by atoms with van der Waals surface area (Å²) in [6.45, 7) is 1.41. The van der Waals surface area contributed by atoms with Gasteiger partial charge < -0.3 is 5.32 Å². The second-order valence-electron chi connectivity index (χ2n) is 5.02. The van der Waals surface area contributed by atoms with Crippen molar-refractivity contribution in [1.29, 1.82) is 0 Å². The molecule has 1 atom stereocenters. The highest BCUT2D eigenvalue weighted by molar-refractivity contribution is 7.89. The first-order chi connectivity index (χ1) is 9.13. The molecule has 1 heterocycles. The second-order valence-corrected chi connectivity index (χ2v) is 7.06. The number of nitrogens with zero attached hydrogens (tertiary/aromatic N) is 1. The van der Waals surface area contributed by atoms with E-state index in [4.69, 9.17) is 0 Å². The van der Waals surface area contributed by atoms with Gasteiger partial charge in [0.25, 0.3) is 0 Å². The zero-order valence-electron chi connectivity index (χ0n) is 11.4. The smallest absolute Gasteiger partial charge is 0.214 e. The minimum Gasteiger partial charge on any atom is -0.318 e. The Morgan fingerprint density at radius 2 is 2.05 bits per heavy atom. The fraction of sp³-hybridized carbons (Fsp3) is 0.571. The molecule has 1 aromatic rings. The van der Waals surface area contributed by atoms with Crippen LogP contribution in [0.1, 0.15) is 18.4 Å². The molecule has 0 aromatic heterocycles. The fourth-order valence-corrected chi connectivity index (χ4v) is 4.39. The molecule has 0 radical (unpaired) electrons. The average molecular weight is 282 g/mol. The predicted octanol–water partition coefficient (Wildman–Crippen LogP) is 1.24. The third-order valence-corrected chi connectivity index (χ3v) is 5.53. The van der Waals surface area contributed by atoms with Crippen LogP contribution in [0.2, 0.25) is 0 Å². The van der Waals surface area contributed by atoms with Gasteiger partial charge >= 0.3 is 0 Å². The Hall–Kier alpha value is -0.910. The Morgan fingerprint density at radius 1 is 1.32 bits per heavy atom. The molecule has 2 rings (SSSR count). The number of rotatable bonds is 6. The molecule has 0 spiro atoms. The van der Waals surface area contributed by atoms with Gasteiger partial charge in [0, 0.05) is 19.1 Å². The van der Waals surface area contributed by atoms with Crippen LogP contribution in [-0.2, 0) is 16.4 Å². The van der Waals surface area contributed by atoms with Crippen molar-refractivity contribution in [3.63, 3.8) is 0 Å². The highest BCUT2D eigenvalue weighted by Gasteiger charge is 2.33. The number of likely N-dealkylation sites (N-methyl/N-ethyl adjacent to an activating group) is 1. The molecule has 0 amide bonds. The van der Waals surface area contributed by atoms with Crippen LogP contribution in [0, 0.1) is 0 Å². The second kappa shape index (κ2) is 6.50. The van der Waals surface area contributed by atoms with Crippen LogP contribution < -0.4 is 5.32 Å². The summed E-state index contributed by atoms with van der Waals surface area (Å²) in [7, 11) is -1.27. The number of hydrogen-bond acceptors (Lipinski definition) is 3. The van der Waals surface area contributed by atoms with Crippen molar-refractivity contribution in [3.05, 3.63) is 35.9 Å². The van der Waals surface area contributed by atoms with Crippen molar-refractivity contribution in [2.75, 3.05) is 25.9 Å². The van der Waals surface area contributed by atoms with Crippen LogP contribution in [-0.4, -0.2) is 44.7 Å². The van der Waals surface area contributed by atoms with Gasteiger partial charge in [-0.15, -0.1) is 0 Å². The summed E-state index contributed by atoms with van der Waals surface area (Å²) in [6, 6.07) is 9.92. The maximum atomic E-state index is 12.4. The van der Waals surface area contributed by atoms with Crippen LogP contribution in [0.5, 0.6) is 0 Å². The van der Waals surface area contributed by atoms with Crippen LogP contribution in [0.4, 0.5) is 0 Å². The summed E-state index contributed by atoms with van der Waals surface area (Å²) in [5.41, 5.74) is 1.08. The summed E-state index contributed by atoms with van der Waals surface area (Å²) in [6.07, 6.45) is 2.52. The van der Waals surface area contributed by atoms with Gasteiger partial charge in [-0.1, -0.05) is 30.3 Å². The van der Waals surface area contributed by atoms with Crippen LogP contribution in [0.3, 0.4) is 0 Å². The number of benzene rings is 1. The van der Waals surface area contributed by atoms with E-state index >= 15 is 0 Å². The molecular formula is C14H22N2O2S. The van der Waals surface area contributed by atoms with Crippen molar-refractivity contribution in [1.82, 2.24) is 9.62 Å². The molecule has 1 aromatic carbocycles. The van der Waals surface area contributed by atoms with E-state index in [-0.39, 0.29) is 11.8 Å². The topological polar surface area (TPSA) is 49.4 Å². The van der Waals surface area contributed by atoms with Crippen molar-refractivity contribution in [2.24, 2.45) is 0 Å². The lowest BCUT2D eigenvalue weighted by atomic mass is 10.2. The molecule has 19 heavy (non-hydrogen) atoms. The van der Waals surface area contributed by atoms with Crippen molar-refractivity contribution < 1.29 is 8.42 Å². The largest absolute Gasteiger partial charge is 0.318 e.